The minimum absolute atomic E-state index is 0.0996. The van der Waals surface area contributed by atoms with Gasteiger partial charge in [-0.1, -0.05) is 62.8 Å². The number of hydrogen-bond acceptors (Lipinski definition) is 3. The van der Waals surface area contributed by atoms with E-state index in [1.165, 1.54) is 25.7 Å². The van der Waals surface area contributed by atoms with Crippen molar-refractivity contribution >= 4 is 17.3 Å². The molecule has 2 aromatic rings. The lowest BCUT2D eigenvalue weighted by atomic mass is 9.71. The molecule has 4 nitrogen and oxygen atoms in total. The predicted molar refractivity (Wildman–Crippen MR) is 132 cm³/mol. The van der Waals surface area contributed by atoms with Gasteiger partial charge in [-0.05, 0) is 62.3 Å². The summed E-state index contributed by atoms with van der Waals surface area (Å²) < 4.78 is 14.9. The number of carbonyl (C=O) groups excluding carboxylic acids is 1. The van der Waals surface area contributed by atoms with Crippen LogP contribution >= 0.6 is 0 Å². The molecule has 2 saturated carbocycles. The van der Waals surface area contributed by atoms with Crippen molar-refractivity contribution in [3.05, 3.63) is 59.4 Å². The zero-order valence-electron chi connectivity index (χ0n) is 19.6. The van der Waals surface area contributed by atoms with Gasteiger partial charge in [0, 0.05) is 11.6 Å². The summed E-state index contributed by atoms with van der Waals surface area (Å²) in [7, 11) is 0. The third-order valence-corrected chi connectivity index (χ3v) is 8.04. The number of carbonyl (C=O) groups is 1. The molecule has 0 bridgehead atoms. The fourth-order valence-corrected chi connectivity index (χ4v) is 6.24. The van der Waals surface area contributed by atoms with Crippen LogP contribution in [0.3, 0.4) is 0 Å². The first kappa shape index (κ1) is 22.2. The number of halogens is 1. The van der Waals surface area contributed by atoms with E-state index >= 15 is 0 Å². The van der Waals surface area contributed by atoms with Crippen LogP contribution < -0.4 is 16.0 Å². The monoisotopic (exact) mass is 449 g/mol. The molecular formula is C28H36FN3O. The van der Waals surface area contributed by atoms with Crippen molar-refractivity contribution in [2.24, 2.45) is 11.8 Å². The lowest BCUT2D eigenvalue weighted by molar-refractivity contribution is -0.130. The molecule has 2 aromatic carbocycles. The number of rotatable bonds is 5. The Morgan fingerprint density at radius 1 is 0.939 bits per heavy atom. The standard InChI is InChI=1S/C28H36FN3O/c1-19-16-17-21(18-23(19)29)28(31-24-14-8-9-15-25(24)32-28)26(20-10-4-2-5-11-20)27(33)30-22-12-6-3-7-13-22/h8-9,14-18,20,22,26,31-32H,2-7,10-13H2,1H3,(H,30,33). The van der Waals surface area contributed by atoms with Gasteiger partial charge in [0.15, 0.2) is 0 Å². The lowest BCUT2D eigenvalue weighted by Gasteiger charge is -2.44. The summed E-state index contributed by atoms with van der Waals surface area (Å²) in [4.78, 5) is 14.1. The maximum absolute atomic E-state index is 14.9. The second kappa shape index (κ2) is 9.36. The van der Waals surface area contributed by atoms with E-state index in [4.69, 9.17) is 0 Å². The van der Waals surface area contributed by atoms with Gasteiger partial charge < -0.3 is 16.0 Å². The van der Waals surface area contributed by atoms with Gasteiger partial charge in [-0.25, -0.2) is 4.39 Å². The van der Waals surface area contributed by atoms with Gasteiger partial charge in [-0.2, -0.15) is 0 Å². The highest BCUT2D eigenvalue weighted by atomic mass is 19.1. The first-order valence-electron chi connectivity index (χ1n) is 12.8. The highest BCUT2D eigenvalue weighted by Gasteiger charge is 2.52. The molecule has 2 fully saturated rings. The average Bonchev–Trinajstić information content (AvgIpc) is 3.22. The van der Waals surface area contributed by atoms with Crippen LogP contribution in [0, 0.1) is 24.6 Å². The van der Waals surface area contributed by atoms with Crippen molar-refractivity contribution in [2.75, 3.05) is 10.6 Å². The average molecular weight is 450 g/mol. The minimum atomic E-state index is -0.876. The zero-order chi connectivity index (χ0) is 22.8. The zero-order valence-corrected chi connectivity index (χ0v) is 19.6. The molecule has 5 heteroatoms. The Morgan fingerprint density at radius 3 is 2.15 bits per heavy atom. The fraction of sp³-hybridized carbons (Fsp3) is 0.536. The molecule has 33 heavy (non-hydrogen) atoms. The van der Waals surface area contributed by atoms with Gasteiger partial charge in [0.25, 0.3) is 0 Å². The number of fused-ring (bicyclic) bond motifs is 1. The number of amides is 1. The summed E-state index contributed by atoms with van der Waals surface area (Å²) in [5.74, 6) is -0.237. The first-order valence-corrected chi connectivity index (χ1v) is 12.8. The van der Waals surface area contributed by atoms with Crippen molar-refractivity contribution < 1.29 is 9.18 Å². The van der Waals surface area contributed by atoms with Crippen molar-refractivity contribution in [3.63, 3.8) is 0 Å². The van der Waals surface area contributed by atoms with Gasteiger partial charge in [-0.3, -0.25) is 4.79 Å². The molecule has 176 valence electrons. The molecule has 2 aliphatic carbocycles. The Kier molecular flexibility index (Phi) is 6.31. The van der Waals surface area contributed by atoms with Gasteiger partial charge in [0.2, 0.25) is 5.91 Å². The van der Waals surface area contributed by atoms with Crippen LogP contribution in [-0.2, 0) is 10.5 Å². The molecule has 1 atom stereocenters. The third kappa shape index (κ3) is 4.34. The normalized spacial score (nSPS) is 21.5. The van der Waals surface area contributed by atoms with Crippen LogP contribution in [0.1, 0.15) is 75.3 Å². The SMILES string of the molecule is Cc1ccc(C2(C(C(=O)NC3CCCCC3)C3CCCCC3)Nc3ccccc3N2)cc1F. The van der Waals surface area contributed by atoms with Crippen LogP contribution in [0.25, 0.3) is 0 Å². The molecule has 0 radical (unpaired) electrons. The third-order valence-electron chi connectivity index (χ3n) is 8.04. The second-order valence-corrected chi connectivity index (χ2v) is 10.3. The van der Waals surface area contributed by atoms with Crippen molar-refractivity contribution in [2.45, 2.75) is 82.8 Å². The van der Waals surface area contributed by atoms with Crippen LogP contribution in [0.5, 0.6) is 0 Å². The first-order chi connectivity index (χ1) is 16.1. The van der Waals surface area contributed by atoms with Gasteiger partial charge in [-0.15, -0.1) is 0 Å². The topological polar surface area (TPSA) is 53.2 Å². The summed E-state index contributed by atoms with van der Waals surface area (Å²) in [5, 5.41) is 10.8. The number of nitrogens with one attached hydrogen (secondary N) is 3. The van der Waals surface area contributed by atoms with Crippen molar-refractivity contribution in [1.29, 1.82) is 0 Å². The van der Waals surface area contributed by atoms with Crippen LogP contribution in [0.15, 0.2) is 42.5 Å². The van der Waals surface area contributed by atoms with Crippen LogP contribution in [0.4, 0.5) is 15.8 Å². The minimum Gasteiger partial charge on any atom is -0.357 e. The van der Waals surface area contributed by atoms with E-state index in [1.807, 2.05) is 36.4 Å². The van der Waals surface area contributed by atoms with Crippen molar-refractivity contribution in [3.8, 4) is 0 Å². The quantitative estimate of drug-likeness (QED) is 0.490. The van der Waals surface area contributed by atoms with E-state index in [0.29, 0.717) is 5.56 Å². The van der Waals surface area contributed by atoms with Gasteiger partial charge >= 0.3 is 0 Å². The molecule has 1 unspecified atom stereocenters. The summed E-state index contributed by atoms with van der Waals surface area (Å²) in [6, 6.07) is 13.7. The molecule has 1 aliphatic heterocycles. The highest BCUT2D eigenvalue weighted by Crippen LogP contribution is 2.49. The molecule has 3 aliphatic rings. The predicted octanol–water partition coefficient (Wildman–Crippen LogP) is 6.47. The number of anilines is 2. The number of benzene rings is 2. The molecule has 1 heterocycles. The van der Waals surface area contributed by atoms with Crippen LogP contribution in [-0.4, -0.2) is 11.9 Å². The number of para-hydroxylation sites is 2. The Morgan fingerprint density at radius 2 is 1.55 bits per heavy atom. The van der Waals surface area contributed by atoms with Gasteiger partial charge in [0.05, 0.1) is 17.3 Å². The molecule has 5 rings (SSSR count). The maximum atomic E-state index is 14.9. The summed E-state index contributed by atoms with van der Waals surface area (Å²) in [6.07, 6.45) is 11.3. The Bertz CT molecular complexity index is 969. The Labute approximate surface area is 196 Å². The number of aryl methyl sites for hydroxylation is 1. The molecular weight excluding hydrogens is 413 g/mol. The largest absolute Gasteiger partial charge is 0.357 e. The molecule has 0 aromatic heterocycles. The second-order valence-electron chi connectivity index (χ2n) is 10.3. The number of hydrogen-bond donors (Lipinski definition) is 3. The fourth-order valence-electron chi connectivity index (χ4n) is 6.24. The van der Waals surface area contributed by atoms with E-state index in [0.717, 1.165) is 55.5 Å². The maximum Gasteiger partial charge on any atom is 0.228 e. The Hall–Kier alpha value is -2.56. The van der Waals surface area contributed by atoms with Crippen molar-refractivity contribution in [1.82, 2.24) is 5.32 Å². The molecule has 0 saturated heterocycles. The lowest BCUT2D eigenvalue weighted by Crippen LogP contribution is -2.56. The summed E-state index contributed by atoms with van der Waals surface area (Å²) in [6.45, 7) is 1.78. The van der Waals surface area contributed by atoms with E-state index in [1.54, 1.807) is 13.0 Å². The van der Waals surface area contributed by atoms with E-state index in [2.05, 4.69) is 16.0 Å². The van der Waals surface area contributed by atoms with E-state index < -0.39 is 5.66 Å². The molecule has 3 N–H and O–H groups in total. The molecule has 1 amide bonds. The highest BCUT2D eigenvalue weighted by molar-refractivity contribution is 5.86. The summed E-state index contributed by atoms with van der Waals surface area (Å²) in [5.41, 5.74) is 2.45. The van der Waals surface area contributed by atoms with Gasteiger partial charge in [0.1, 0.15) is 11.5 Å². The summed E-state index contributed by atoms with van der Waals surface area (Å²) >= 11 is 0. The Balaban J connectivity index is 1.58. The van der Waals surface area contributed by atoms with Crippen LogP contribution in [0.2, 0.25) is 0 Å². The molecule has 0 spiro atoms. The van der Waals surface area contributed by atoms with E-state index in [9.17, 15) is 9.18 Å². The smallest absolute Gasteiger partial charge is 0.228 e. The van der Waals surface area contributed by atoms with E-state index in [-0.39, 0.29) is 29.6 Å².